The Labute approximate surface area is 346 Å². The van der Waals surface area contributed by atoms with Crippen LogP contribution in [-0.4, -0.2) is 9.13 Å². The van der Waals surface area contributed by atoms with Crippen molar-refractivity contribution in [2.45, 2.75) is 80.1 Å². The van der Waals surface area contributed by atoms with Crippen LogP contribution in [0.5, 0.6) is 0 Å². The molecule has 0 amide bonds. The first-order valence-electron chi connectivity index (χ1n) is 20.7. The third kappa shape index (κ3) is 7.77. The predicted octanol–water partition coefficient (Wildman–Crippen LogP) is 15.4. The smallest absolute Gasteiger partial charge is 0.0535 e. The lowest BCUT2D eigenvalue weighted by Gasteiger charge is -2.20. The molecule has 0 bridgehead atoms. The van der Waals surface area contributed by atoms with E-state index in [2.05, 4.69) is 236 Å². The number of aromatic nitrogens is 2. The molecule has 0 radical (unpaired) electrons. The highest BCUT2D eigenvalue weighted by Crippen LogP contribution is 2.39. The van der Waals surface area contributed by atoms with Gasteiger partial charge in [-0.3, -0.25) is 0 Å². The van der Waals surface area contributed by atoms with Crippen molar-refractivity contribution in [3.8, 4) is 67.5 Å². The summed E-state index contributed by atoms with van der Waals surface area (Å²) in [5, 5.41) is 0. The van der Waals surface area contributed by atoms with Gasteiger partial charge in [-0.15, -0.1) is 0 Å². The lowest BCUT2D eigenvalue weighted by Crippen LogP contribution is -2.10. The van der Waals surface area contributed by atoms with E-state index in [1.807, 2.05) is 0 Å². The molecule has 2 heterocycles. The summed E-state index contributed by atoms with van der Waals surface area (Å²) in [7, 11) is 0. The van der Waals surface area contributed by atoms with Gasteiger partial charge in [0.25, 0.3) is 0 Å². The van der Waals surface area contributed by atoms with Crippen LogP contribution < -0.4 is 0 Å². The topological polar surface area (TPSA) is 9.86 Å². The Hall–Kier alpha value is -6.12. The van der Waals surface area contributed by atoms with Crippen molar-refractivity contribution in [2.75, 3.05) is 0 Å². The van der Waals surface area contributed by atoms with Gasteiger partial charge in [-0.1, -0.05) is 145 Å². The average molecular weight is 757 g/mol. The van der Waals surface area contributed by atoms with E-state index in [0.717, 1.165) is 11.4 Å². The van der Waals surface area contributed by atoms with Crippen LogP contribution in [0.4, 0.5) is 0 Å². The van der Waals surface area contributed by atoms with Gasteiger partial charge in [0.15, 0.2) is 0 Å². The molecule has 6 aromatic carbocycles. The molecule has 8 aromatic rings. The van der Waals surface area contributed by atoms with E-state index in [0.29, 0.717) is 0 Å². The summed E-state index contributed by atoms with van der Waals surface area (Å²) in [5.41, 5.74) is 22.1. The first-order valence-corrected chi connectivity index (χ1v) is 20.7. The molecule has 0 aliphatic carbocycles. The van der Waals surface area contributed by atoms with E-state index in [1.165, 1.54) is 89.5 Å². The van der Waals surface area contributed by atoms with E-state index in [1.54, 1.807) is 0 Å². The van der Waals surface area contributed by atoms with Gasteiger partial charge in [0.1, 0.15) is 0 Å². The Morgan fingerprint density at radius 2 is 0.586 bits per heavy atom. The Bertz CT molecular complexity index is 2700. The molecule has 0 atom stereocenters. The van der Waals surface area contributed by atoms with Crippen molar-refractivity contribution < 1.29 is 0 Å². The second-order valence-electron chi connectivity index (χ2n) is 18.4. The Morgan fingerprint density at radius 1 is 0.293 bits per heavy atom. The standard InChI is InChI=1S/C56H56N2/c1-37-30-38(2)33-49(32-37)57-51(43-16-14-41(15-17-43)42-18-22-47(23-19-42)55(5,6)7)26-28-53(57)45-12-11-13-46(36-45)54-29-27-52(44-20-24-48(25-21-44)56(8,9)10)58(54)50-34-39(3)31-40(4)35-50/h11-36H,1-10H3. The van der Waals surface area contributed by atoms with Gasteiger partial charge in [-0.25, -0.2) is 0 Å². The third-order valence-corrected chi connectivity index (χ3v) is 11.5. The van der Waals surface area contributed by atoms with E-state index in [-0.39, 0.29) is 10.8 Å². The fourth-order valence-corrected chi connectivity index (χ4v) is 8.47. The number of benzene rings is 6. The molecule has 8 rings (SSSR count). The van der Waals surface area contributed by atoms with E-state index in [9.17, 15) is 0 Å². The van der Waals surface area contributed by atoms with Crippen LogP contribution >= 0.6 is 0 Å². The maximum Gasteiger partial charge on any atom is 0.0535 e. The highest BCUT2D eigenvalue weighted by atomic mass is 15.0. The van der Waals surface area contributed by atoms with Gasteiger partial charge in [0.2, 0.25) is 0 Å². The van der Waals surface area contributed by atoms with Crippen LogP contribution in [0.2, 0.25) is 0 Å². The van der Waals surface area contributed by atoms with Crippen molar-refractivity contribution >= 4 is 0 Å². The molecular formula is C56H56N2. The first-order chi connectivity index (χ1) is 27.6. The van der Waals surface area contributed by atoms with Crippen molar-refractivity contribution in [2.24, 2.45) is 0 Å². The minimum atomic E-state index is 0.0941. The molecule has 58 heavy (non-hydrogen) atoms. The lowest BCUT2D eigenvalue weighted by molar-refractivity contribution is 0.590. The molecule has 0 aliphatic rings. The monoisotopic (exact) mass is 756 g/mol. The highest BCUT2D eigenvalue weighted by Gasteiger charge is 2.20. The molecule has 0 saturated carbocycles. The minimum Gasteiger partial charge on any atom is -0.309 e. The predicted molar refractivity (Wildman–Crippen MR) is 249 cm³/mol. The van der Waals surface area contributed by atoms with Crippen LogP contribution in [0.3, 0.4) is 0 Å². The maximum absolute atomic E-state index is 2.44. The highest BCUT2D eigenvalue weighted by molar-refractivity contribution is 5.80. The zero-order valence-electron chi connectivity index (χ0n) is 35.9. The van der Waals surface area contributed by atoms with E-state index >= 15 is 0 Å². The molecular weight excluding hydrogens is 701 g/mol. The molecule has 0 spiro atoms. The van der Waals surface area contributed by atoms with Crippen molar-refractivity contribution in [1.82, 2.24) is 9.13 Å². The van der Waals surface area contributed by atoms with Gasteiger partial charge in [-0.05, 0) is 160 Å². The number of hydrogen-bond acceptors (Lipinski definition) is 0. The molecule has 0 fully saturated rings. The Morgan fingerprint density at radius 3 is 0.931 bits per heavy atom. The van der Waals surface area contributed by atoms with Crippen LogP contribution in [0.15, 0.2) is 158 Å². The van der Waals surface area contributed by atoms with Gasteiger partial charge in [0.05, 0.1) is 22.8 Å². The number of hydrogen-bond donors (Lipinski definition) is 0. The molecule has 2 heteroatoms. The quantitative estimate of drug-likeness (QED) is 0.153. The lowest BCUT2D eigenvalue weighted by atomic mass is 9.86. The van der Waals surface area contributed by atoms with Crippen molar-refractivity contribution in [3.63, 3.8) is 0 Å². The molecule has 2 aromatic heterocycles. The normalized spacial score (nSPS) is 12.0. The van der Waals surface area contributed by atoms with Crippen LogP contribution in [0, 0.1) is 27.7 Å². The van der Waals surface area contributed by atoms with Crippen LogP contribution in [-0.2, 0) is 10.8 Å². The largest absolute Gasteiger partial charge is 0.309 e. The maximum atomic E-state index is 2.44. The summed E-state index contributed by atoms with van der Waals surface area (Å²) < 4.78 is 4.88. The van der Waals surface area contributed by atoms with Crippen molar-refractivity contribution in [3.05, 3.63) is 191 Å². The van der Waals surface area contributed by atoms with E-state index < -0.39 is 0 Å². The molecule has 290 valence electrons. The van der Waals surface area contributed by atoms with Gasteiger partial charge in [-0.2, -0.15) is 0 Å². The summed E-state index contributed by atoms with van der Waals surface area (Å²) in [6, 6.07) is 59.2. The zero-order valence-corrected chi connectivity index (χ0v) is 35.9. The average Bonchev–Trinajstić information content (AvgIpc) is 3.83. The molecule has 0 N–H and O–H groups in total. The van der Waals surface area contributed by atoms with Crippen LogP contribution in [0.1, 0.15) is 74.9 Å². The molecule has 0 aliphatic heterocycles. The fraction of sp³-hybridized carbons (Fsp3) is 0.214. The summed E-state index contributed by atoms with van der Waals surface area (Å²) in [6.45, 7) is 22.4. The minimum absolute atomic E-state index is 0.0941. The van der Waals surface area contributed by atoms with E-state index in [4.69, 9.17) is 0 Å². The second-order valence-corrected chi connectivity index (χ2v) is 18.4. The van der Waals surface area contributed by atoms with Crippen molar-refractivity contribution in [1.29, 1.82) is 0 Å². The number of nitrogens with zero attached hydrogens (tertiary/aromatic N) is 2. The zero-order chi connectivity index (χ0) is 40.9. The van der Waals surface area contributed by atoms with Crippen LogP contribution in [0.25, 0.3) is 67.5 Å². The number of aryl methyl sites for hydroxylation is 4. The first kappa shape index (κ1) is 38.7. The summed E-state index contributed by atoms with van der Waals surface area (Å²) >= 11 is 0. The Kier molecular flexibility index (Phi) is 10.0. The SMILES string of the molecule is Cc1cc(C)cc(-n2c(-c3ccc(-c4ccc(C(C)(C)C)cc4)cc3)ccc2-c2cccc(-c3ccc(-c4ccc(C(C)(C)C)cc4)n3-c3cc(C)cc(C)c3)c2)c1. The third-order valence-electron chi connectivity index (χ3n) is 11.5. The van der Waals surface area contributed by atoms with Gasteiger partial charge in [0, 0.05) is 11.4 Å². The fourth-order valence-electron chi connectivity index (χ4n) is 8.47. The van der Waals surface area contributed by atoms with Gasteiger partial charge >= 0.3 is 0 Å². The summed E-state index contributed by atoms with van der Waals surface area (Å²) in [6.07, 6.45) is 0. The molecule has 2 nitrogen and oxygen atoms in total. The molecule has 0 unspecified atom stereocenters. The van der Waals surface area contributed by atoms with Gasteiger partial charge < -0.3 is 9.13 Å². The second kappa shape index (κ2) is 15.0. The summed E-state index contributed by atoms with van der Waals surface area (Å²) in [5.74, 6) is 0. The number of rotatable bonds is 7. The summed E-state index contributed by atoms with van der Waals surface area (Å²) in [4.78, 5) is 0. The molecule has 0 saturated heterocycles. The Balaban J connectivity index is 1.24.